The molecule has 0 saturated heterocycles. The number of carbonyl (C=O) groups excluding carboxylic acids is 2. The SMILES string of the molecule is Cc1ccc(S(=O)(=O)NC(=O)N(CCc2c[nH]c3ccccc23)Cc2ccc(C=CC(=O)NO)cc2)cc1. The molecule has 9 nitrogen and oxygen atoms in total. The number of nitrogens with one attached hydrogen (secondary N) is 3. The number of hydroxylamine groups is 1. The van der Waals surface area contributed by atoms with Crippen molar-refractivity contribution in [2.75, 3.05) is 6.54 Å². The molecule has 0 atom stereocenters. The quantitative estimate of drug-likeness (QED) is 0.146. The van der Waals surface area contributed by atoms with E-state index in [0.29, 0.717) is 12.0 Å². The number of urea groups is 1. The monoisotopic (exact) mass is 532 g/mol. The Bertz CT molecular complexity index is 1560. The number of benzene rings is 3. The first kappa shape index (κ1) is 26.6. The van der Waals surface area contributed by atoms with Crippen molar-refractivity contribution in [3.05, 3.63) is 107 Å². The van der Waals surface area contributed by atoms with E-state index in [0.717, 1.165) is 27.6 Å². The maximum absolute atomic E-state index is 13.3. The molecule has 0 unspecified atom stereocenters. The fraction of sp³-hybridized carbons (Fsp3) is 0.143. The van der Waals surface area contributed by atoms with Crippen LogP contribution in [0, 0.1) is 6.92 Å². The van der Waals surface area contributed by atoms with Gasteiger partial charge < -0.3 is 9.88 Å². The van der Waals surface area contributed by atoms with Crippen molar-refractivity contribution in [3.63, 3.8) is 0 Å². The van der Waals surface area contributed by atoms with E-state index in [-0.39, 0.29) is 18.0 Å². The van der Waals surface area contributed by atoms with Crippen LogP contribution in [0.4, 0.5) is 4.79 Å². The molecule has 4 rings (SSSR count). The van der Waals surface area contributed by atoms with Gasteiger partial charge in [0.05, 0.1) is 4.90 Å². The Morgan fingerprint density at radius 3 is 2.42 bits per heavy atom. The van der Waals surface area contributed by atoms with Crippen molar-refractivity contribution < 1.29 is 23.2 Å². The first-order valence-electron chi connectivity index (χ1n) is 11.9. The van der Waals surface area contributed by atoms with Crippen molar-refractivity contribution >= 4 is 38.9 Å². The van der Waals surface area contributed by atoms with Crippen LogP contribution >= 0.6 is 0 Å². The van der Waals surface area contributed by atoms with Gasteiger partial charge in [-0.2, -0.15) is 0 Å². The number of sulfonamides is 1. The highest BCUT2D eigenvalue weighted by Crippen LogP contribution is 2.19. The lowest BCUT2D eigenvalue weighted by atomic mass is 10.1. The third-order valence-electron chi connectivity index (χ3n) is 6.06. The van der Waals surface area contributed by atoms with Crippen molar-refractivity contribution in [1.29, 1.82) is 0 Å². The van der Waals surface area contributed by atoms with Crippen LogP contribution in [0.25, 0.3) is 17.0 Å². The van der Waals surface area contributed by atoms with Gasteiger partial charge in [-0.15, -0.1) is 0 Å². The second kappa shape index (κ2) is 11.8. The zero-order valence-corrected chi connectivity index (χ0v) is 21.5. The molecule has 3 amide bonds. The summed E-state index contributed by atoms with van der Waals surface area (Å²) in [4.78, 5) is 29.1. The first-order chi connectivity index (χ1) is 18.2. The van der Waals surface area contributed by atoms with E-state index >= 15 is 0 Å². The molecule has 0 saturated carbocycles. The smallest absolute Gasteiger partial charge is 0.331 e. The third kappa shape index (κ3) is 6.67. The number of hydrogen-bond acceptors (Lipinski definition) is 5. The predicted molar refractivity (Wildman–Crippen MR) is 145 cm³/mol. The average molecular weight is 533 g/mol. The Balaban J connectivity index is 1.53. The van der Waals surface area contributed by atoms with Crippen LogP contribution in [0.2, 0.25) is 0 Å². The van der Waals surface area contributed by atoms with Crippen LogP contribution in [0.3, 0.4) is 0 Å². The van der Waals surface area contributed by atoms with Crippen LogP contribution in [0.15, 0.2) is 90.0 Å². The highest BCUT2D eigenvalue weighted by Gasteiger charge is 2.22. The second-order valence-corrected chi connectivity index (χ2v) is 10.5. The van der Waals surface area contributed by atoms with Crippen molar-refractivity contribution in [1.82, 2.24) is 20.1 Å². The van der Waals surface area contributed by atoms with Crippen LogP contribution in [0.5, 0.6) is 0 Å². The lowest BCUT2D eigenvalue weighted by molar-refractivity contribution is -0.124. The Kier molecular flexibility index (Phi) is 8.25. The largest absolute Gasteiger partial charge is 0.361 e. The van der Waals surface area contributed by atoms with E-state index in [9.17, 15) is 18.0 Å². The Labute approximate surface area is 220 Å². The first-order valence-corrected chi connectivity index (χ1v) is 13.4. The van der Waals surface area contributed by atoms with E-state index in [2.05, 4.69) is 9.71 Å². The fourth-order valence-corrected chi connectivity index (χ4v) is 4.94. The van der Waals surface area contributed by atoms with Gasteiger partial charge in [-0.25, -0.2) is 23.4 Å². The molecule has 0 radical (unpaired) electrons. The molecule has 0 aliphatic heterocycles. The average Bonchev–Trinajstić information content (AvgIpc) is 3.33. The third-order valence-corrected chi connectivity index (χ3v) is 7.39. The second-order valence-electron chi connectivity index (χ2n) is 8.81. The molecule has 0 fully saturated rings. The van der Waals surface area contributed by atoms with Gasteiger partial charge in [0, 0.05) is 36.3 Å². The number of fused-ring (bicyclic) bond motifs is 1. The number of aromatic nitrogens is 1. The summed E-state index contributed by atoms with van der Waals surface area (Å²) < 4.78 is 28.0. The zero-order valence-electron chi connectivity index (χ0n) is 20.7. The van der Waals surface area contributed by atoms with Gasteiger partial charge in [0.15, 0.2) is 0 Å². The summed E-state index contributed by atoms with van der Waals surface area (Å²) in [5.74, 6) is -0.649. The van der Waals surface area contributed by atoms with Gasteiger partial charge in [-0.1, -0.05) is 60.2 Å². The topological polar surface area (TPSA) is 132 Å². The minimum Gasteiger partial charge on any atom is -0.361 e. The summed E-state index contributed by atoms with van der Waals surface area (Å²) in [5, 5.41) is 9.66. The summed E-state index contributed by atoms with van der Waals surface area (Å²) in [6.45, 7) is 2.29. The normalized spacial score (nSPS) is 11.5. The van der Waals surface area contributed by atoms with E-state index in [1.807, 2.05) is 37.4 Å². The summed E-state index contributed by atoms with van der Waals surface area (Å²) in [5.41, 5.74) is 5.93. The van der Waals surface area contributed by atoms with Gasteiger partial charge >= 0.3 is 6.03 Å². The highest BCUT2D eigenvalue weighted by molar-refractivity contribution is 7.90. The standard InChI is InChI=1S/C28H28N4O5S/c1-20-6-13-24(14-7-20)38(36,37)31-28(34)32(17-16-23-18-29-26-5-3-2-4-25(23)26)19-22-10-8-21(9-11-22)12-15-27(33)30-35/h2-15,18,29,35H,16-17,19H2,1H3,(H,30,33)(H,31,34). The van der Waals surface area contributed by atoms with E-state index in [1.165, 1.54) is 34.7 Å². The number of aryl methyl sites for hydroxylation is 1. The van der Waals surface area contributed by atoms with Crippen molar-refractivity contribution in [2.24, 2.45) is 0 Å². The summed E-state index contributed by atoms with van der Waals surface area (Å²) in [7, 11) is -4.06. The van der Waals surface area contributed by atoms with E-state index < -0.39 is 22.0 Å². The summed E-state index contributed by atoms with van der Waals surface area (Å²) in [6.07, 6.45) is 5.13. The number of rotatable bonds is 9. The number of hydrogen-bond donors (Lipinski definition) is 4. The molecular weight excluding hydrogens is 504 g/mol. The molecule has 1 heterocycles. The predicted octanol–water partition coefficient (Wildman–Crippen LogP) is 4.14. The number of nitrogens with zero attached hydrogens (tertiary/aromatic N) is 1. The molecule has 196 valence electrons. The minimum atomic E-state index is -4.06. The van der Waals surface area contributed by atoms with E-state index in [1.54, 1.807) is 36.4 Å². The zero-order chi connectivity index (χ0) is 27.1. The van der Waals surface area contributed by atoms with Crippen molar-refractivity contribution in [2.45, 2.75) is 24.8 Å². The maximum Gasteiger partial charge on any atom is 0.331 e. The molecule has 0 aliphatic carbocycles. The fourth-order valence-electron chi connectivity index (χ4n) is 3.97. The summed E-state index contributed by atoms with van der Waals surface area (Å²) >= 11 is 0. The highest BCUT2D eigenvalue weighted by atomic mass is 32.2. The lowest BCUT2D eigenvalue weighted by Crippen LogP contribution is -2.43. The molecule has 0 bridgehead atoms. The Morgan fingerprint density at radius 2 is 1.71 bits per heavy atom. The molecule has 4 aromatic rings. The molecule has 4 N–H and O–H groups in total. The molecular formula is C28H28N4O5S. The minimum absolute atomic E-state index is 0.0103. The van der Waals surface area contributed by atoms with Gasteiger partial charge in [-0.3, -0.25) is 10.0 Å². The number of carbonyl (C=O) groups is 2. The van der Waals surface area contributed by atoms with Crippen LogP contribution in [-0.2, 0) is 27.8 Å². The van der Waals surface area contributed by atoms with Crippen LogP contribution in [-0.4, -0.2) is 42.0 Å². The molecule has 1 aromatic heterocycles. The van der Waals surface area contributed by atoms with Gasteiger partial charge in [0.25, 0.3) is 15.9 Å². The molecule has 3 aromatic carbocycles. The lowest BCUT2D eigenvalue weighted by Gasteiger charge is -2.23. The number of para-hydroxylation sites is 1. The molecule has 0 spiro atoms. The van der Waals surface area contributed by atoms with Gasteiger partial charge in [-0.05, 0) is 54.3 Å². The van der Waals surface area contributed by atoms with Gasteiger partial charge in [0.1, 0.15) is 0 Å². The number of aromatic amines is 1. The molecule has 0 aliphatic rings. The number of amides is 3. The van der Waals surface area contributed by atoms with E-state index in [4.69, 9.17) is 5.21 Å². The van der Waals surface area contributed by atoms with Crippen molar-refractivity contribution in [3.8, 4) is 0 Å². The molecule has 10 heteroatoms. The van der Waals surface area contributed by atoms with Crippen LogP contribution < -0.4 is 10.2 Å². The Morgan fingerprint density at radius 1 is 1.00 bits per heavy atom. The van der Waals surface area contributed by atoms with Gasteiger partial charge in [0.2, 0.25) is 0 Å². The maximum atomic E-state index is 13.3. The summed E-state index contributed by atoms with van der Waals surface area (Å²) in [6, 6.07) is 20.5. The van der Waals surface area contributed by atoms with Crippen LogP contribution in [0.1, 0.15) is 22.3 Å². The Hall–Kier alpha value is -4.41. The molecule has 38 heavy (non-hydrogen) atoms. The number of H-pyrrole nitrogens is 1.